The smallest absolute Gasteiger partial charge is 0.317 e. The Kier molecular flexibility index (Phi) is 9.36. The molecular weight excluding hydrogens is 360 g/mol. The highest BCUT2D eigenvalue weighted by Gasteiger charge is 2.18. The third-order valence-electron chi connectivity index (χ3n) is 4.84. The highest BCUT2D eigenvalue weighted by atomic mass is 16.4. The number of benzene rings is 1. The van der Waals surface area contributed by atoms with E-state index in [2.05, 4.69) is 4.90 Å². The van der Waals surface area contributed by atoms with Gasteiger partial charge in [0.1, 0.15) is 0 Å². The van der Waals surface area contributed by atoms with Crippen LogP contribution in [0.2, 0.25) is 0 Å². The molecule has 1 aromatic carbocycles. The molecule has 8 heteroatoms. The van der Waals surface area contributed by atoms with E-state index in [1.54, 1.807) is 4.90 Å². The molecule has 2 radical (unpaired) electrons. The molecule has 0 aromatic heterocycles. The fourth-order valence-corrected chi connectivity index (χ4v) is 3.26. The van der Waals surface area contributed by atoms with Crippen LogP contribution in [0.1, 0.15) is 5.56 Å². The summed E-state index contributed by atoms with van der Waals surface area (Å²) >= 11 is 0. The van der Waals surface area contributed by atoms with Gasteiger partial charge in [0.25, 0.3) is 0 Å². The first-order chi connectivity index (χ1) is 13.4. The van der Waals surface area contributed by atoms with Crippen molar-refractivity contribution in [2.45, 2.75) is 6.54 Å². The molecule has 0 amide bonds. The van der Waals surface area contributed by atoms with Crippen molar-refractivity contribution in [3.05, 3.63) is 42.9 Å². The summed E-state index contributed by atoms with van der Waals surface area (Å²) in [6, 6.07) is 9.82. The van der Waals surface area contributed by atoms with Gasteiger partial charge in [-0.3, -0.25) is 29.2 Å². The average Bonchev–Trinajstić information content (AvgIpc) is 2.72. The molecule has 0 unspecified atom stereocenters. The highest BCUT2D eigenvalue weighted by molar-refractivity contribution is 5.69. The predicted octanol–water partition coefficient (Wildman–Crippen LogP) is 0.246. The van der Waals surface area contributed by atoms with E-state index in [-0.39, 0.29) is 13.1 Å². The summed E-state index contributed by atoms with van der Waals surface area (Å²) in [4.78, 5) is 30.0. The van der Waals surface area contributed by atoms with Gasteiger partial charge in [0.15, 0.2) is 0 Å². The Morgan fingerprint density at radius 1 is 0.929 bits per heavy atom. The Balaban J connectivity index is 1.92. The summed E-state index contributed by atoms with van der Waals surface area (Å²) in [6.45, 7) is 5.97. The zero-order valence-corrected chi connectivity index (χ0v) is 16.2. The van der Waals surface area contributed by atoms with Crippen LogP contribution in [-0.4, -0.2) is 107 Å². The van der Waals surface area contributed by atoms with E-state index in [1.165, 1.54) is 0 Å². The van der Waals surface area contributed by atoms with Crippen molar-refractivity contribution in [2.24, 2.45) is 0 Å². The van der Waals surface area contributed by atoms with Crippen LogP contribution >= 0.6 is 0 Å². The van der Waals surface area contributed by atoms with Crippen LogP contribution in [0, 0.1) is 7.05 Å². The maximum absolute atomic E-state index is 11.2. The van der Waals surface area contributed by atoms with Crippen molar-refractivity contribution in [3.63, 3.8) is 0 Å². The number of hydrogen-bond acceptors (Lipinski definition) is 6. The van der Waals surface area contributed by atoms with E-state index in [9.17, 15) is 14.7 Å². The SMILES string of the molecule is [CH]N1CCN(CCN(CC(=O)O)Cc2ccccc2)CCN(CC(=O)O)CC1. The van der Waals surface area contributed by atoms with Gasteiger partial charge in [-0.1, -0.05) is 30.3 Å². The number of carbonyl (C=O) groups is 2. The van der Waals surface area contributed by atoms with Gasteiger partial charge in [-0.15, -0.1) is 0 Å². The Morgan fingerprint density at radius 3 is 2.18 bits per heavy atom. The van der Waals surface area contributed by atoms with Crippen LogP contribution in [0.4, 0.5) is 0 Å². The lowest BCUT2D eigenvalue weighted by Gasteiger charge is -2.28. The standard InChI is InChI=1S/C20H30N4O4/c1-21-7-9-22(11-13-23(10-8-21)16-19(25)26)12-14-24(17-20(27)28)15-18-5-3-2-4-6-18/h1-6H,7-17H2,(H,25,26)(H,27,28). The number of carboxylic acid groups (broad SMARTS) is 2. The molecule has 0 bridgehead atoms. The molecule has 154 valence electrons. The summed E-state index contributed by atoms with van der Waals surface area (Å²) in [5, 5.41) is 18.3. The maximum atomic E-state index is 11.2. The normalized spacial score (nSPS) is 17.8. The Bertz CT molecular complexity index is 613. The van der Waals surface area contributed by atoms with E-state index < -0.39 is 11.9 Å². The number of hydrogen-bond donors (Lipinski definition) is 2. The predicted molar refractivity (Wildman–Crippen MR) is 106 cm³/mol. The molecule has 1 aliphatic rings. The van der Waals surface area contributed by atoms with Crippen LogP contribution in [0.5, 0.6) is 0 Å². The fraction of sp³-hybridized carbons (Fsp3) is 0.550. The molecule has 2 N–H and O–H groups in total. The Hall–Kier alpha value is -2.00. The molecule has 0 atom stereocenters. The molecule has 0 spiro atoms. The lowest BCUT2D eigenvalue weighted by molar-refractivity contribution is -0.139. The summed E-state index contributed by atoms with van der Waals surface area (Å²) in [6.07, 6.45) is 0. The molecular formula is C20H30N4O4. The molecule has 1 fully saturated rings. The van der Waals surface area contributed by atoms with Crippen molar-refractivity contribution < 1.29 is 19.8 Å². The molecule has 1 aliphatic heterocycles. The fourth-order valence-electron chi connectivity index (χ4n) is 3.26. The zero-order chi connectivity index (χ0) is 20.4. The molecule has 2 rings (SSSR count). The second-order valence-electron chi connectivity index (χ2n) is 7.14. The second-order valence-corrected chi connectivity index (χ2v) is 7.14. The minimum atomic E-state index is -0.846. The number of rotatable bonds is 9. The maximum Gasteiger partial charge on any atom is 0.317 e. The first-order valence-electron chi connectivity index (χ1n) is 9.56. The third kappa shape index (κ3) is 8.79. The van der Waals surface area contributed by atoms with Gasteiger partial charge >= 0.3 is 11.9 Å². The lowest BCUT2D eigenvalue weighted by atomic mass is 10.2. The molecule has 1 aromatic rings. The van der Waals surface area contributed by atoms with E-state index in [0.717, 1.165) is 18.7 Å². The molecule has 1 saturated heterocycles. The largest absolute Gasteiger partial charge is 0.480 e. The van der Waals surface area contributed by atoms with E-state index in [0.29, 0.717) is 45.8 Å². The van der Waals surface area contributed by atoms with Gasteiger partial charge in [0.2, 0.25) is 0 Å². The monoisotopic (exact) mass is 390 g/mol. The minimum Gasteiger partial charge on any atom is -0.480 e. The summed E-state index contributed by atoms with van der Waals surface area (Å²) in [7, 11) is 6.00. The van der Waals surface area contributed by atoms with E-state index >= 15 is 0 Å². The van der Waals surface area contributed by atoms with Gasteiger partial charge < -0.3 is 10.2 Å². The first kappa shape index (κ1) is 22.3. The van der Waals surface area contributed by atoms with Crippen molar-refractivity contribution >= 4 is 11.9 Å². The van der Waals surface area contributed by atoms with Crippen LogP contribution in [-0.2, 0) is 16.1 Å². The third-order valence-corrected chi connectivity index (χ3v) is 4.84. The van der Waals surface area contributed by atoms with Gasteiger partial charge in [-0.05, 0) is 5.56 Å². The molecule has 0 saturated carbocycles. The summed E-state index contributed by atoms with van der Waals surface area (Å²) in [5.41, 5.74) is 1.08. The first-order valence-corrected chi connectivity index (χ1v) is 9.56. The van der Waals surface area contributed by atoms with Crippen LogP contribution in [0.15, 0.2) is 30.3 Å². The zero-order valence-electron chi connectivity index (χ0n) is 16.2. The average molecular weight is 390 g/mol. The molecule has 1 heterocycles. The second kappa shape index (κ2) is 11.8. The number of nitrogens with zero attached hydrogens (tertiary/aromatic N) is 4. The summed E-state index contributed by atoms with van der Waals surface area (Å²) in [5.74, 6) is -1.69. The molecule has 28 heavy (non-hydrogen) atoms. The van der Waals surface area contributed by atoms with Crippen molar-refractivity contribution in [1.82, 2.24) is 19.6 Å². The van der Waals surface area contributed by atoms with E-state index in [4.69, 9.17) is 12.2 Å². The van der Waals surface area contributed by atoms with Crippen molar-refractivity contribution in [2.75, 3.05) is 65.4 Å². The van der Waals surface area contributed by atoms with Gasteiger partial charge in [-0.25, -0.2) is 0 Å². The van der Waals surface area contributed by atoms with Gasteiger partial charge in [-0.2, -0.15) is 0 Å². The quantitative estimate of drug-likeness (QED) is 0.620. The minimum absolute atomic E-state index is 0.000820. The van der Waals surface area contributed by atoms with E-state index in [1.807, 2.05) is 40.1 Å². The Morgan fingerprint density at radius 2 is 1.54 bits per heavy atom. The molecule has 8 nitrogen and oxygen atoms in total. The topological polar surface area (TPSA) is 87.6 Å². The van der Waals surface area contributed by atoms with Crippen molar-refractivity contribution in [1.29, 1.82) is 0 Å². The number of aliphatic carboxylic acids is 2. The summed E-state index contributed by atoms with van der Waals surface area (Å²) < 4.78 is 0. The van der Waals surface area contributed by atoms with Crippen LogP contribution in [0.25, 0.3) is 0 Å². The van der Waals surface area contributed by atoms with Crippen LogP contribution in [0.3, 0.4) is 0 Å². The lowest BCUT2D eigenvalue weighted by Crippen LogP contribution is -2.42. The van der Waals surface area contributed by atoms with Gasteiger partial charge in [0, 0.05) is 66.0 Å². The molecule has 0 aliphatic carbocycles. The number of carboxylic acids is 2. The highest BCUT2D eigenvalue weighted by Crippen LogP contribution is 2.06. The Labute approximate surface area is 166 Å². The van der Waals surface area contributed by atoms with Crippen LogP contribution < -0.4 is 0 Å². The van der Waals surface area contributed by atoms with Crippen molar-refractivity contribution in [3.8, 4) is 0 Å². The van der Waals surface area contributed by atoms with Gasteiger partial charge in [0.05, 0.1) is 13.1 Å².